The van der Waals surface area contributed by atoms with Crippen LogP contribution in [0.1, 0.15) is 27.7 Å². The van der Waals surface area contributed by atoms with Crippen molar-refractivity contribution in [3.8, 4) is 56.4 Å². The Bertz CT molecular complexity index is 1890. The van der Waals surface area contributed by atoms with Gasteiger partial charge in [0.05, 0.1) is 11.2 Å². The summed E-state index contributed by atoms with van der Waals surface area (Å²) < 4.78 is 12.8. The molecule has 1 aliphatic rings. The third-order valence-corrected chi connectivity index (χ3v) is 8.82. The van der Waals surface area contributed by atoms with Crippen LogP contribution in [0.4, 0.5) is 0 Å². The lowest BCUT2D eigenvalue weighted by atomic mass is 9.74. The van der Waals surface area contributed by atoms with Gasteiger partial charge in [0.2, 0.25) is 0 Å². The van der Waals surface area contributed by atoms with Gasteiger partial charge in [0.25, 0.3) is 0 Å². The van der Waals surface area contributed by atoms with Gasteiger partial charge in [-0.05, 0) is 61.5 Å². The lowest BCUT2D eigenvalue weighted by Crippen LogP contribution is -2.41. The Kier molecular flexibility index (Phi) is 7.40. The largest absolute Gasteiger partial charge is 0.495 e. The minimum atomic E-state index is -0.434. The molecule has 0 amide bonds. The highest BCUT2D eigenvalue weighted by atomic mass is 16.7. The third kappa shape index (κ3) is 5.71. The maximum absolute atomic E-state index is 6.42. The summed E-state index contributed by atoms with van der Waals surface area (Å²) in [6, 6.07) is 45.4. The number of hydrogen-bond acceptors (Lipinski definition) is 5. The highest BCUT2D eigenvalue weighted by Gasteiger charge is 2.52. The lowest BCUT2D eigenvalue weighted by Gasteiger charge is -2.32. The van der Waals surface area contributed by atoms with Crippen LogP contribution in [0.2, 0.25) is 0 Å². The van der Waals surface area contributed by atoms with Crippen molar-refractivity contribution in [3.05, 3.63) is 133 Å². The summed E-state index contributed by atoms with van der Waals surface area (Å²) in [7, 11) is -0.434. The van der Waals surface area contributed by atoms with E-state index in [4.69, 9.17) is 24.3 Å². The van der Waals surface area contributed by atoms with Crippen molar-refractivity contribution < 1.29 is 9.31 Å². The van der Waals surface area contributed by atoms with Crippen LogP contribution in [-0.4, -0.2) is 33.3 Å². The average molecular weight is 588 g/mol. The highest BCUT2D eigenvalue weighted by Crippen LogP contribution is 2.38. The monoisotopic (exact) mass is 587 g/mol. The zero-order valence-corrected chi connectivity index (χ0v) is 25.9. The van der Waals surface area contributed by atoms with Crippen molar-refractivity contribution in [1.82, 2.24) is 15.0 Å². The topological polar surface area (TPSA) is 57.1 Å². The van der Waals surface area contributed by atoms with Gasteiger partial charge >= 0.3 is 7.12 Å². The minimum Gasteiger partial charge on any atom is -0.399 e. The molecular weight excluding hydrogens is 553 g/mol. The number of rotatable bonds is 6. The van der Waals surface area contributed by atoms with E-state index in [0.29, 0.717) is 17.5 Å². The van der Waals surface area contributed by atoms with E-state index in [-0.39, 0.29) is 0 Å². The molecule has 7 rings (SSSR count). The smallest absolute Gasteiger partial charge is 0.399 e. The summed E-state index contributed by atoms with van der Waals surface area (Å²) in [6.07, 6.45) is 0. The second kappa shape index (κ2) is 11.5. The SMILES string of the molecule is CC1(C)OB(c2ccccc2-c2cccc(-c3ccc(-c4nc(-c5ccccc5)nc(-c5ccccc5)n4)cc3)c2)OC1(C)C. The molecule has 5 aromatic carbocycles. The van der Waals surface area contributed by atoms with E-state index in [1.807, 2.05) is 66.7 Å². The second-order valence-corrected chi connectivity index (χ2v) is 12.4. The molecule has 0 saturated carbocycles. The Hall–Kier alpha value is -4.91. The zero-order chi connectivity index (χ0) is 31.0. The average Bonchev–Trinajstić information content (AvgIpc) is 3.31. The predicted octanol–water partition coefficient (Wildman–Crippen LogP) is 8.51. The van der Waals surface area contributed by atoms with Gasteiger partial charge < -0.3 is 9.31 Å². The van der Waals surface area contributed by atoms with E-state index in [9.17, 15) is 0 Å². The van der Waals surface area contributed by atoms with Gasteiger partial charge in [-0.2, -0.15) is 0 Å². The van der Waals surface area contributed by atoms with Crippen LogP contribution in [0.25, 0.3) is 56.4 Å². The van der Waals surface area contributed by atoms with Crippen LogP contribution in [0.15, 0.2) is 133 Å². The molecule has 6 heteroatoms. The molecule has 2 heterocycles. The van der Waals surface area contributed by atoms with Crippen molar-refractivity contribution in [2.24, 2.45) is 0 Å². The second-order valence-electron chi connectivity index (χ2n) is 12.4. The minimum absolute atomic E-state index is 0.406. The van der Waals surface area contributed by atoms with Gasteiger partial charge in [0.15, 0.2) is 17.5 Å². The van der Waals surface area contributed by atoms with Crippen LogP contribution in [-0.2, 0) is 9.31 Å². The van der Waals surface area contributed by atoms with Crippen LogP contribution in [0.5, 0.6) is 0 Å². The van der Waals surface area contributed by atoms with E-state index in [2.05, 4.69) is 94.4 Å². The van der Waals surface area contributed by atoms with Gasteiger partial charge in [0.1, 0.15) is 0 Å². The van der Waals surface area contributed by atoms with Gasteiger partial charge in [0, 0.05) is 16.7 Å². The summed E-state index contributed by atoms with van der Waals surface area (Å²) >= 11 is 0. The molecule has 0 bridgehead atoms. The first-order chi connectivity index (χ1) is 21.8. The van der Waals surface area contributed by atoms with Crippen LogP contribution >= 0.6 is 0 Å². The first-order valence-corrected chi connectivity index (χ1v) is 15.3. The molecule has 0 radical (unpaired) electrons. The summed E-state index contributed by atoms with van der Waals surface area (Å²) in [4.78, 5) is 14.6. The Morgan fingerprint density at radius 1 is 0.422 bits per heavy atom. The number of hydrogen-bond donors (Lipinski definition) is 0. The van der Waals surface area contributed by atoms with Crippen molar-refractivity contribution in [1.29, 1.82) is 0 Å². The molecule has 1 aromatic heterocycles. The van der Waals surface area contributed by atoms with Crippen molar-refractivity contribution in [2.75, 3.05) is 0 Å². The van der Waals surface area contributed by atoms with E-state index >= 15 is 0 Å². The van der Waals surface area contributed by atoms with Crippen molar-refractivity contribution in [3.63, 3.8) is 0 Å². The molecule has 0 N–H and O–H groups in total. The fraction of sp³-hybridized carbons (Fsp3) is 0.154. The normalized spacial score (nSPS) is 15.2. The first-order valence-electron chi connectivity index (χ1n) is 15.3. The van der Waals surface area contributed by atoms with E-state index in [1.54, 1.807) is 0 Å². The molecule has 0 spiro atoms. The first kappa shape index (κ1) is 28.8. The summed E-state index contributed by atoms with van der Waals surface area (Å²) in [5, 5.41) is 0. The van der Waals surface area contributed by atoms with E-state index < -0.39 is 18.3 Å². The predicted molar refractivity (Wildman–Crippen MR) is 183 cm³/mol. The number of benzene rings is 5. The Morgan fingerprint density at radius 3 is 1.40 bits per heavy atom. The summed E-state index contributed by atoms with van der Waals surface area (Å²) in [6.45, 7) is 8.34. The molecule has 0 atom stereocenters. The summed E-state index contributed by atoms with van der Waals surface area (Å²) in [5.41, 5.74) is 7.48. The number of aromatic nitrogens is 3. The molecular formula is C39H34BN3O2. The summed E-state index contributed by atoms with van der Waals surface area (Å²) in [5.74, 6) is 1.94. The third-order valence-electron chi connectivity index (χ3n) is 8.82. The number of nitrogens with zero attached hydrogens (tertiary/aromatic N) is 3. The quantitative estimate of drug-likeness (QED) is 0.183. The van der Waals surface area contributed by atoms with Gasteiger partial charge in [-0.15, -0.1) is 0 Å². The maximum Gasteiger partial charge on any atom is 0.495 e. The fourth-order valence-electron chi connectivity index (χ4n) is 5.55. The molecule has 5 nitrogen and oxygen atoms in total. The zero-order valence-electron chi connectivity index (χ0n) is 25.9. The highest BCUT2D eigenvalue weighted by molar-refractivity contribution is 6.63. The van der Waals surface area contributed by atoms with E-state index in [1.165, 1.54) is 0 Å². The van der Waals surface area contributed by atoms with Gasteiger partial charge in [-0.1, -0.05) is 127 Å². The molecule has 0 aliphatic carbocycles. The molecule has 1 aliphatic heterocycles. The standard InChI is InChI=1S/C39H34BN3O2/c1-38(2)39(3,4)45-40(44-38)34-21-12-11-20-33(34)32-19-13-18-31(26-32)27-22-24-30(25-23-27)37-42-35(28-14-7-5-8-15-28)41-36(43-37)29-16-9-6-10-17-29/h5-26H,1-4H3. The molecule has 220 valence electrons. The molecule has 0 unspecified atom stereocenters. The van der Waals surface area contributed by atoms with Crippen LogP contribution in [0.3, 0.4) is 0 Å². The molecule has 6 aromatic rings. The lowest BCUT2D eigenvalue weighted by molar-refractivity contribution is 0.00578. The van der Waals surface area contributed by atoms with Crippen LogP contribution in [0, 0.1) is 0 Å². The fourth-order valence-corrected chi connectivity index (χ4v) is 5.55. The Balaban J connectivity index is 1.22. The van der Waals surface area contributed by atoms with Crippen molar-refractivity contribution >= 4 is 12.6 Å². The van der Waals surface area contributed by atoms with Gasteiger partial charge in [-0.3, -0.25) is 0 Å². The van der Waals surface area contributed by atoms with E-state index in [0.717, 1.165) is 44.4 Å². The Labute approximate surface area is 265 Å². The van der Waals surface area contributed by atoms with Crippen LogP contribution < -0.4 is 5.46 Å². The Morgan fingerprint density at radius 2 is 0.844 bits per heavy atom. The van der Waals surface area contributed by atoms with Crippen molar-refractivity contribution in [2.45, 2.75) is 38.9 Å². The maximum atomic E-state index is 6.42. The molecule has 1 fully saturated rings. The van der Waals surface area contributed by atoms with Gasteiger partial charge in [-0.25, -0.2) is 15.0 Å². The molecule has 45 heavy (non-hydrogen) atoms. The molecule has 1 saturated heterocycles.